The van der Waals surface area contributed by atoms with Gasteiger partial charge in [-0.2, -0.15) is 0 Å². The first kappa shape index (κ1) is 24.5. The number of anilines is 1. The standard InChI is InChI=1S/C27H19FN4O3S2/c28-20-11-8-18(9-12-20)16-36-27-31-30-26(37-27)32-23(19-7-4-14-29-15-19)22(24(34)25(32)35)21(33)13-10-17-5-2-1-3-6-17/h1-15,23,34H,16H2. The minimum Gasteiger partial charge on any atom is -0.503 e. The summed E-state index contributed by atoms with van der Waals surface area (Å²) in [5, 5.41) is 19.4. The van der Waals surface area contributed by atoms with Gasteiger partial charge in [-0.3, -0.25) is 19.5 Å². The zero-order chi connectivity index (χ0) is 25.8. The summed E-state index contributed by atoms with van der Waals surface area (Å²) in [4.78, 5) is 31.9. The van der Waals surface area contributed by atoms with Crippen molar-refractivity contribution in [3.8, 4) is 0 Å². The molecular formula is C27H19FN4O3S2. The topological polar surface area (TPSA) is 96.3 Å². The van der Waals surface area contributed by atoms with Gasteiger partial charge < -0.3 is 5.11 Å². The quantitative estimate of drug-likeness (QED) is 0.181. The maximum absolute atomic E-state index is 13.3. The van der Waals surface area contributed by atoms with Crippen LogP contribution in [0.15, 0.2) is 101 Å². The highest BCUT2D eigenvalue weighted by Gasteiger charge is 2.45. The van der Waals surface area contributed by atoms with Gasteiger partial charge in [-0.1, -0.05) is 77.7 Å². The predicted molar refractivity (Wildman–Crippen MR) is 140 cm³/mol. The van der Waals surface area contributed by atoms with Gasteiger partial charge in [-0.25, -0.2) is 4.39 Å². The van der Waals surface area contributed by atoms with Crippen LogP contribution in [0.4, 0.5) is 9.52 Å². The van der Waals surface area contributed by atoms with Crippen molar-refractivity contribution >= 4 is 46.0 Å². The van der Waals surface area contributed by atoms with E-state index in [1.165, 1.54) is 34.9 Å². The summed E-state index contributed by atoms with van der Waals surface area (Å²) < 4.78 is 13.8. The summed E-state index contributed by atoms with van der Waals surface area (Å²) >= 11 is 2.55. The average Bonchev–Trinajstić information content (AvgIpc) is 3.50. The van der Waals surface area contributed by atoms with E-state index in [0.717, 1.165) is 22.5 Å². The number of hydrogen-bond acceptors (Lipinski definition) is 8. The number of nitrogens with zero attached hydrogens (tertiary/aromatic N) is 4. The van der Waals surface area contributed by atoms with Crippen molar-refractivity contribution in [2.24, 2.45) is 0 Å². The third kappa shape index (κ3) is 5.35. The molecule has 0 spiro atoms. The first-order valence-electron chi connectivity index (χ1n) is 11.2. The van der Waals surface area contributed by atoms with Gasteiger partial charge in [0.25, 0.3) is 5.91 Å². The highest BCUT2D eigenvalue weighted by atomic mass is 32.2. The lowest BCUT2D eigenvalue weighted by Gasteiger charge is -2.23. The number of amides is 1. The summed E-state index contributed by atoms with van der Waals surface area (Å²) in [5.41, 5.74) is 2.21. The van der Waals surface area contributed by atoms with Crippen LogP contribution < -0.4 is 4.90 Å². The fraction of sp³-hybridized carbons (Fsp3) is 0.0741. The maximum Gasteiger partial charge on any atom is 0.296 e. The van der Waals surface area contributed by atoms with Gasteiger partial charge in [0.1, 0.15) is 5.82 Å². The smallest absolute Gasteiger partial charge is 0.296 e. The molecule has 1 aliphatic heterocycles. The Morgan fingerprint density at radius 3 is 2.59 bits per heavy atom. The number of rotatable bonds is 8. The Morgan fingerprint density at radius 1 is 1.08 bits per heavy atom. The molecule has 1 N–H and O–H groups in total. The molecule has 1 aliphatic rings. The van der Waals surface area contributed by atoms with E-state index < -0.39 is 23.5 Å². The number of carbonyl (C=O) groups excluding carboxylic acids is 2. The van der Waals surface area contributed by atoms with E-state index in [1.54, 1.807) is 42.7 Å². The van der Waals surface area contributed by atoms with Gasteiger partial charge in [0.15, 0.2) is 15.9 Å². The maximum atomic E-state index is 13.3. The van der Waals surface area contributed by atoms with Crippen molar-refractivity contribution in [1.82, 2.24) is 15.2 Å². The van der Waals surface area contributed by atoms with Gasteiger partial charge >= 0.3 is 0 Å². The van der Waals surface area contributed by atoms with Gasteiger partial charge in [-0.15, -0.1) is 10.2 Å². The Labute approximate surface area is 220 Å². The number of ketones is 1. The zero-order valence-electron chi connectivity index (χ0n) is 19.2. The van der Waals surface area contributed by atoms with Crippen molar-refractivity contribution in [3.63, 3.8) is 0 Å². The van der Waals surface area contributed by atoms with Gasteiger partial charge in [0, 0.05) is 18.1 Å². The Hall–Kier alpha value is -4.15. The Bertz CT molecular complexity index is 1490. The molecule has 0 saturated carbocycles. The second kappa shape index (κ2) is 10.9. The summed E-state index contributed by atoms with van der Waals surface area (Å²) in [6.07, 6.45) is 6.10. The summed E-state index contributed by atoms with van der Waals surface area (Å²) in [6, 6.07) is 17.9. The van der Waals surface area contributed by atoms with Gasteiger partial charge in [0.05, 0.1) is 11.6 Å². The number of aromatic nitrogens is 3. The molecule has 0 bridgehead atoms. The molecule has 3 heterocycles. The molecule has 1 amide bonds. The van der Waals surface area contributed by atoms with E-state index in [-0.39, 0.29) is 16.5 Å². The van der Waals surface area contributed by atoms with Gasteiger partial charge in [0.2, 0.25) is 5.13 Å². The number of pyridine rings is 1. The second-order valence-electron chi connectivity index (χ2n) is 8.00. The molecule has 2 aromatic heterocycles. The van der Waals surface area contributed by atoms with Crippen molar-refractivity contribution < 1.29 is 19.1 Å². The molecule has 7 nitrogen and oxygen atoms in total. The molecule has 1 unspecified atom stereocenters. The molecule has 0 aliphatic carbocycles. The minimum absolute atomic E-state index is 0.0547. The molecule has 0 saturated heterocycles. The van der Waals surface area contributed by atoms with E-state index in [4.69, 9.17) is 0 Å². The number of aliphatic hydroxyl groups is 1. The molecule has 10 heteroatoms. The fourth-order valence-electron chi connectivity index (χ4n) is 3.82. The molecule has 2 aromatic carbocycles. The van der Waals surface area contributed by atoms with Crippen LogP contribution in [0.3, 0.4) is 0 Å². The Balaban J connectivity index is 1.43. The highest BCUT2D eigenvalue weighted by molar-refractivity contribution is 8.00. The summed E-state index contributed by atoms with van der Waals surface area (Å²) in [5.74, 6) is -1.64. The van der Waals surface area contributed by atoms with E-state index in [1.807, 2.05) is 30.3 Å². The molecule has 4 aromatic rings. The summed E-state index contributed by atoms with van der Waals surface area (Å²) in [7, 11) is 0. The van der Waals surface area contributed by atoms with Crippen molar-refractivity contribution in [3.05, 3.63) is 119 Å². The zero-order valence-corrected chi connectivity index (χ0v) is 20.8. The van der Waals surface area contributed by atoms with Crippen LogP contribution in [0.5, 0.6) is 0 Å². The highest BCUT2D eigenvalue weighted by Crippen LogP contribution is 2.43. The van der Waals surface area contributed by atoms with E-state index in [2.05, 4.69) is 15.2 Å². The van der Waals surface area contributed by atoms with Crippen LogP contribution >= 0.6 is 23.1 Å². The van der Waals surface area contributed by atoms with Crippen LogP contribution in [-0.2, 0) is 15.3 Å². The average molecular weight is 531 g/mol. The third-order valence-electron chi connectivity index (χ3n) is 5.58. The Kier molecular flexibility index (Phi) is 7.20. The van der Waals surface area contributed by atoms with Crippen LogP contribution in [0, 0.1) is 5.82 Å². The van der Waals surface area contributed by atoms with Crippen LogP contribution in [-0.4, -0.2) is 32.0 Å². The monoisotopic (exact) mass is 530 g/mol. The third-order valence-corrected chi connectivity index (χ3v) is 7.70. The number of halogens is 1. The second-order valence-corrected chi connectivity index (χ2v) is 10.2. The molecule has 0 radical (unpaired) electrons. The normalized spacial score (nSPS) is 15.6. The lowest BCUT2D eigenvalue weighted by Crippen LogP contribution is -2.30. The van der Waals surface area contributed by atoms with Crippen molar-refractivity contribution in [2.45, 2.75) is 16.1 Å². The fourth-order valence-corrected chi connectivity index (χ4v) is 5.64. The number of carbonyl (C=O) groups is 2. The van der Waals surface area contributed by atoms with Crippen LogP contribution in [0.25, 0.3) is 6.08 Å². The SMILES string of the molecule is O=C(C=Cc1ccccc1)C1=C(O)C(=O)N(c2nnc(SCc3ccc(F)cc3)s2)C1c1cccnc1. The summed E-state index contributed by atoms with van der Waals surface area (Å²) in [6.45, 7) is 0. The molecule has 0 fully saturated rings. The molecule has 184 valence electrons. The molecule has 1 atom stereocenters. The molecule has 5 rings (SSSR count). The van der Waals surface area contributed by atoms with Crippen molar-refractivity contribution in [1.29, 1.82) is 0 Å². The lowest BCUT2D eigenvalue weighted by molar-refractivity contribution is -0.117. The van der Waals surface area contributed by atoms with E-state index >= 15 is 0 Å². The first-order chi connectivity index (χ1) is 18.0. The van der Waals surface area contributed by atoms with Crippen molar-refractivity contribution in [2.75, 3.05) is 4.90 Å². The van der Waals surface area contributed by atoms with E-state index in [0.29, 0.717) is 15.7 Å². The number of thioether (sulfide) groups is 1. The van der Waals surface area contributed by atoms with Crippen LogP contribution in [0.1, 0.15) is 22.7 Å². The molecular weight excluding hydrogens is 511 g/mol. The lowest BCUT2D eigenvalue weighted by atomic mass is 9.97. The minimum atomic E-state index is -0.919. The largest absolute Gasteiger partial charge is 0.503 e. The molecule has 37 heavy (non-hydrogen) atoms. The van der Waals surface area contributed by atoms with Gasteiger partial charge in [-0.05, 0) is 41.0 Å². The number of aliphatic hydroxyl groups excluding tert-OH is 1. The number of benzene rings is 2. The van der Waals surface area contributed by atoms with E-state index in [9.17, 15) is 19.1 Å². The Morgan fingerprint density at radius 2 is 1.86 bits per heavy atom. The number of hydrogen-bond donors (Lipinski definition) is 1. The number of allylic oxidation sites excluding steroid dienone is 1. The van der Waals surface area contributed by atoms with Crippen LogP contribution in [0.2, 0.25) is 0 Å². The first-order valence-corrected chi connectivity index (χ1v) is 13.0. The predicted octanol–water partition coefficient (Wildman–Crippen LogP) is 5.55.